The fourth-order valence-corrected chi connectivity index (χ4v) is 5.52. The number of aromatic nitrogens is 3. The van der Waals surface area contributed by atoms with Crippen molar-refractivity contribution < 1.29 is 23.7 Å². The van der Waals surface area contributed by atoms with Crippen molar-refractivity contribution in [2.24, 2.45) is 4.99 Å². The molecule has 1 saturated heterocycles. The predicted octanol–water partition coefficient (Wildman–Crippen LogP) is 5.73. The molecule has 0 unspecified atom stereocenters. The molecule has 2 N–H and O–H groups in total. The van der Waals surface area contributed by atoms with Crippen LogP contribution in [0.15, 0.2) is 87.5 Å². The number of H-pyrrole nitrogens is 1. The number of hydrogen-bond acceptors (Lipinski definition) is 9. The fraction of sp³-hybridized carbons (Fsp3) is 0.257. The van der Waals surface area contributed by atoms with Crippen molar-refractivity contribution in [1.29, 1.82) is 0 Å². The number of aliphatic imine (C=N–C) groups is 1. The Bertz CT molecular complexity index is 2020. The van der Waals surface area contributed by atoms with E-state index in [0.29, 0.717) is 40.4 Å². The number of benzene rings is 3. The van der Waals surface area contributed by atoms with Gasteiger partial charge in [-0.1, -0.05) is 24.6 Å². The van der Waals surface area contributed by atoms with Gasteiger partial charge in [0.1, 0.15) is 11.3 Å². The predicted molar refractivity (Wildman–Crippen MR) is 177 cm³/mol. The Morgan fingerprint density at radius 1 is 0.979 bits per heavy atom. The summed E-state index contributed by atoms with van der Waals surface area (Å²) < 4.78 is 33.8. The summed E-state index contributed by atoms with van der Waals surface area (Å²) in [5, 5.41) is 11.3. The van der Waals surface area contributed by atoms with Gasteiger partial charge < -0.3 is 24.2 Å². The maximum atomic E-state index is 15.3. The van der Waals surface area contributed by atoms with E-state index in [1.807, 2.05) is 0 Å². The minimum absolute atomic E-state index is 0.0632. The molecule has 11 nitrogen and oxygen atoms in total. The molecule has 0 saturated carbocycles. The lowest BCUT2D eigenvalue weighted by atomic mass is 10.1. The lowest BCUT2D eigenvalue weighted by Crippen LogP contribution is -2.31. The Labute approximate surface area is 269 Å². The van der Waals surface area contributed by atoms with E-state index in [4.69, 9.17) is 14.2 Å². The number of rotatable bonds is 11. The van der Waals surface area contributed by atoms with Crippen LogP contribution in [0.5, 0.6) is 28.9 Å². The topological polar surface area (TPSA) is 131 Å². The quantitative estimate of drug-likeness (QED) is 0.139. The molecule has 0 radical (unpaired) electrons. The van der Waals surface area contributed by atoms with E-state index in [1.165, 1.54) is 31.4 Å². The number of hydrogen-bond donors (Lipinski definition) is 2. The molecule has 0 amide bonds. The average Bonchev–Trinajstić information content (AvgIpc) is 3.08. The van der Waals surface area contributed by atoms with Gasteiger partial charge in [0.15, 0.2) is 23.1 Å². The number of aromatic amines is 1. The van der Waals surface area contributed by atoms with E-state index in [9.17, 15) is 14.7 Å². The molecule has 3 aromatic carbocycles. The lowest BCUT2D eigenvalue weighted by Gasteiger charge is -2.26. The smallest absolute Gasteiger partial charge is 0.335 e. The van der Waals surface area contributed by atoms with Crippen molar-refractivity contribution in [2.75, 3.05) is 33.4 Å². The maximum absolute atomic E-state index is 15.3. The second-order valence-electron chi connectivity index (χ2n) is 11.1. The summed E-state index contributed by atoms with van der Waals surface area (Å²) >= 11 is 0. The van der Waals surface area contributed by atoms with Gasteiger partial charge in [-0.25, -0.2) is 13.8 Å². The number of likely N-dealkylation sites (tertiary alicyclic amines) is 1. The molecule has 0 bridgehead atoms. The number of para-hydroxylation sites is 1. The van der Waals surface area contributed by atoms with Crippen LogP contribution in [0.3, 0.4) is 0 Å². The zero-order chi connectivity index (χ0) is 32.8. The average molecular weight is 640 g/mol. The number of piperidine rings is 1. The highest BCUT2D eigenvalue weighted by atomic mass is 19.1. The van der Waals surface area contributed by atoms with Crippen molar-refractivity contribution in [3.05, 3.63) is 105 Å². The van der Waals surface area contributed by atoms with Crippen molar-refractivity contribution in [3.8, 4) is 34.6 Å². The molecule has 1 aliphatic rings. The van der Waals surface area contributed by atoms with Crippen molar-refractivity contribution >= 4 is 22.8 Å². The number of aromatic hydroxyl groups is 1. The third-order valence-electron chi connectivity index (χ3n) is 7.93. The molecule has 242 valence electrons. The molecule has 3 heterocycles. The molecule has 0 aliphatic carbocycles. The summed E-state index contributed by atoms with van der Waals surface area (Å²) in [6.45, 7) is 3.81. The summed E-state index contributed by atoms with van der Waals surface area (Å²) in [5.41, 5.74) is -0.822. The third-order valence-corrected chi connectivity index (χ3v) is 7.93. The van der Waals surface area contributed by atoms with Crippen LogP contribution in [0.2, 0.25) is 0 Å². The standard InChI is InChI=1S/C35H34FN5O6/c1-45-31-20-25-28(21-32(31)46-18-8-17-40-15-6-3-7-16-40)37-14-13-29(25)47-30-12-11-23(19-27(30)36)38-22-26-33(42)39-35(44)41(34(26)43)24-9-4-2-5-10-24/h2,4-5,9-14,19-22,43H,3,6-8,15-18H2,1H3,(H,39,42,44). The van der Waals surface area contributed by atoms with Crippen molar-refractivity contribution in [2.45, 2.75) is 25.7 Å². The van der Waals surface area contributed by atoms with Crippen molar-refractivity contribution in [1.82, 2.24) is 19.4 Å². The van der Waals surface area contributed by atoms with Gasteiger partial charge in [-0.3, -0.25) is 19.8 Å². The Balaban J connectivity index is 1.18. The number of halogens is 1. The van der Waals surface area contributed by atoms with E-state index in [-0.39, 0.29) is 17.0 Å². The zero-order valence-electron chi connectivity index (χ0n) is 25.8. The molecular formula is C35H34FN5O6. The molecule has 0 atom stereocenters. The maximum Gasteiger partial charge on any atom is 0.335 e. The molecule has 47 heavy (non-hydrogen) atoms. The third kappa shape index (κ3) is 7.17. The largest absolute Gasteiger partial charge is 0.493 e. The van der Waals surface area contributed by atoms with Gasteiger partial charge in [0.05, 0.1) is 30.6 Å². The van der Waals surface area contributed by atoms with E-state index in [0.717, 1.165) is 42.9 Å². The Morgan fingerprint density at radius 3 is 2.55 bits per heavy atom. The van der Waals surface area contributed by atoms with Gasteiger partial charge in [-0.2, -0.15) is 0 Å². The highest BCUT2D eigenvalue weighted by molar-refractivity contribution is 5.88. The number of ether oxygens (including phenoxy) is 3. The number of nitrogens with zero attached hydrogens (tertiary/aromatic N) is 4. The van der Waals surface area contributed by atoms with Gasteiger partial charge in [0.2, 0.25) is 5.88 Å². The van der Waals surface area contributed by atoms with Gasteiger partial charge in [-0.05, 0) is 68.8 Å². The fourth-order valence-electron chi connectivity index (χ4n) is 5.52. The van der Waals surface area contributed by atoms with Gasteiger partial charge in [-0.15, -0.1) is 0 Å². The van der Waals surface area contributed by atoms with E-state index >= 15 is 4.39 Å². The van der Waals surface area contributed by atoms with E-state index in [2.05, 4.69) is 19.9 Å². The van der Waals surface area contributed by atoms with E-state index in [1.54, 1.807) is 61.8 Å². The molecule has 1 aliphatic heterocycles. The minimum atomic E-state index is -0.838. The first-order valence-corrected chi connectivity index (χ1v) is 15.4. The number of pyridine rings is 1. The minimum Gasteiger partial charge on any atom is -0.493 e. The van der Waals surface area contributed by atoms with Crippen LogP contribution in [0.4, 0.5) is 10.1 Å². The van der Waals surface area contributed by atoms with Gasteiger partial charge in [0, 0.05) is 36.5 Å². The number of methoxy groups -OCH3 is 1. The van der Waals surface area contributed by atoms with Gasteiger partial charge >= 0.3 is 5.69 Å². The van der Waals surface area contributed by atoms with Crippen LogP contribution in [0, 0.1) is 5.82 Å². The first-order chi connectivity index (χ1) is 22.9. The molecule has 2 aromatic heterocycles. The van der Waals surface area contributed by atoms with Crippen LogP contribution in [-0.4, -0.2) is 64.1 Å². The number of nitrogens with one attached hydrogen (secondary N) is 1. The Hall–Kier alpha value is -5.49. The first kappa shape index (κ1) is 31.5. The SMILES string of the molecule is COc1cc2c(Oc3ccc(N=Cc4c(O)n(-c5ccccc5)c(=O)[nH]c4=O)cc3F)ccnc2cc1OCCCN1CCCCC1. The van der Waals surface area contributed by atoms with Crippen LogP contribution in [-0.2, 0) is 0 Å². The van der Waals surface area contributed by atoms with E-state index < -0.39 is 22.9 Å². The summed E-state index contributed by atoms with van der Waals surface area (Å²) in [6, 6.07) is 17.5. The molecule has 0 spiro atoms. The Morgan fingerprint density at radius 2 is 1.79 bits per heavy atom. The Kier molecular flexibility index (Phi) is 9.58. The monoisotopic (exact) mass is 639 g/mol. The summed E-state index contributed by atoms with van der Waals surface area (Å²) in [4.78, 5) is 38.1. The second-order valence-corrected chi connectivity index (χ2v) is 11.1. The lowest BCUT2D eigenvalue weighted by molar-refractivity contribution is 0.203. The van der Waals surface area contributed by atoms with Crippen LogP contribution in [0.25, 0.3) is 16.6 Å². The number of fused-ring (bicyclic) bond motifs is 1. The summed E-state index contributed by atoms with van der Waals surface area (Å²) in [7, 11) is 1.56. The highest BCUT2D eigenvalue weighted by Crippen LogP contribution is 2.38. The van der Waals surface area contributed by atoms with Crippen LogP contribution >= 0.6 is 0 Å². The first-order valence-electron chi connectivity index (χ1n) is 15.4. The summed E-state index contributed by atoms with van der Waals surface area (Å²) in [6.07, 6.45) is 7.34. The molecule has 5 aromatic rings. The van der Waals surface area contributed by atoms with Crippen LogP contribution < -0.4 is 25.5 Å². The van der Waals surface area contributed by atoms with Crippen LogP contribution in [0.1, 0.15) is 31.2 Å². The zero-order valence-corrected chi connectivity index (χ0v) is 25.8. The van der Waals surface area contributed by atoms with Gasteiger partial charge in [0.25, 0.3) is 5.56 Å². The molecule has 6 rings (SSSR count). The second kappa shape index (κ2) is 14.3. The van der Waals surface area contributed by atoms with Crippen molar-refractivity contribution in [3.63, 3.8) is 0 Å². The normalized spacial score (nSPS) is 13.7. The molecule has 12 heteroatoms. The molecular weight excluding hydrogens is 605 g/mol. The summed E-state index contributed by atoms with van der Waals surface area (Å²) in [5.74, 6) is 0.0697. The highest BCUT2D eigenvalue weighted by Gasteiger charge is 2.16. The molecule has 1 fully saturated rings.